The van der Waals surface area contributed by atoms with E-state index in [0.29, 0.717) is 24.3 Å². The van der Waals surface area contributed by atoms with E-state index in [-0.39, 0.29) is 4.90 Å². The minimum Gasteiger partial charge on any atom is -0.496 e. The second-order valence-corrected chi connectivity index (χ2v) is 8.59. The molecule has 0 aliphatic heterocycles. The molecule has 0 aliphatic rings. The molecule has 0 saturated carbocycles. The van der Waals surface area contributed by atoms with Gasteiger partial charge >= 0.3 is 5.97 Å². The fourth-order valence-electron chi connectivity index (χ4n) is 2.42. The van der Waals surface area contributed by atoms with E-state index in [2.05, 4.69) is 21.2 Å². The van der Waals surface area contributed by atoms with Crippen LogP contribution in [0.15, 0.2) is 57.9 Å². The lowest BCUT2D eigenvalue weighted by atomic mass is 10.1. The highest BCUT2D eigenvalue weighted by Gasteiger charge is 2.08. The number of amides is 1. The van der Waals surface area contributed by atoms with Crippen LogP contribution in [0.5, 0.6) is 5.75 Å². The predicted molar refractivity (Wildman–Crippen MR) is 115 cm³/mol. The Labute approximate surface area is 183 Å². The van der Waals surface area contributed by atoms with Crippen LogP contribution in [-0.2, 0) is 30.8 Å². The molecule has 30 heavy (non-hydrogen) atoms. The highest BCUT2D eigenvalue weighted by atomic mass is 79.9. The molecule has 0 aromatic heterocycles. The number of nitrogens with one attached hydrogen (secondary N) is 1. The van der Waals surface area contributed by atoms with E-state index in [0.717, 1.165) is 10.0 Å². The summed E-state index contributed by atoms with van der Waals surface area (Å²) in [5.41, 5.74) is 1.51. The van der Waals surface area contributed by atoms with Crippen molar-refractivity contribution in [1.82, 2.24) is 5.32 Å². The van der Waals surface area contributed by atoms with E-state index in [4.69, 9.17) is 14.6 Å². The average Bonchev–Trinajstić information content (AvgIpc) is 2.70. The maximum Gasteiger partial charge on any atom is 0.331 e. The van der Waals surface area contributed by atoms with E-state index >= 15 is 0 Å². The fourth-order valence-corrected chi connectivity index (χ4v) is 3.32. The van der Waals surface area contributed by atoms with Gasteiger partial charge in [0.2, 0.25) is 10.0 Å². The van der Waals surface area contributed by atoms with E-state index in [1.807, 2.05) is 6.07 Å². The van der Waals surface area contributed by atoms with Crippen molar-refractivity contribution in [3.8, 4) is 5.75 Å². The number of carbonyl (C=O) groups excluding carboxylic acids is 2. The molecule has 0 radical (unpaired) electrons. The van der Waals surface area contributed by atoms with Crippen molar-refractivity contribution in [2.24, 2.45) is 5.14 Å². The molecule has 10 heteroatoms. The van der Waals surface area contributed by atoms with Gasteiger partial charge in [-0.2, -0.15) is 0 Å². The van der Waals surface area contributed by atoms with Crippen LogP contribution in [0.4, 0.5) is 0 Å². The molecule has 0 atom stereocenters. The van der Waals surface area contributed by atoms with Crippen LogP contribution in [0.2, 0.25) is 0 Å². The quantitative estimate of drug-likeness (QED) is 0.404. The number of hydrogen-bond donors (Lipinski definition) is 2. The molecule has 0 fully saturated rings. The number of methoxy groups -OCH3 is 1. The van der Waals surface area contributed by atoms with Gasteiger partial charge in [0.05, 0.1) is 12.0 Å². The molecule has 2 aromatic rings. The van der Waals surface area contributed by atoms with Crippen molar-refractivity contribution in [2.75, 3.05) is 20.3 Å². The molecule has 160 valence electrons. The predicted octanol–water partition coefficient (Wildman–Crippen LogP) is 2.02. The van der Waals surface area contributed by atoms with Gasteiger partial charge in [0.1, 0.15) is 5.75 Å². The molecule has 2 aromatic carbocycles. The van der Waals surface area contributed by atoms with Gasteiger partial charge in [0.15, 0.2) is 6.61 Å². The molecule has 0 heterocycles. The molecule has 8 nitrogen and oxygen atoms in total. The summed E-state index contributed by atoms with van der Waals surface area (Å²) in [6, 6.07) is 11.4. The molecular formula is C20H21BrN2O6S. The number of sulfonamides is 1. The van der Waals surface area contributed by atoms with Crippen LogP contribution in [-0.4, -0.2) is 40.6 Å². The third-order valence-corrected chi connectivity index (χ3v) is 5.35. The molecule has 2 rings (SSSR count). The molecule has 1 amide bonds. The van der Waals surface area contributed by atoms with Gasteiger partial charge in [-0.05, 0) is 48.4 Å². The van der Waals surface area contributed by atoms with Gasteiger partial charge in [0.25, 0.3) is 5.91 Å². The topological polar surface area (TPSA) is 125 Å². The Bertz CT molecular complexity index is 1040. The van der Waals surface area contributed by atoms with Gasteiger partial charge in [-0.3, -0.25) is 4.79 Å². The standard InChI is InChI=1S/C20H21BrN2O6S/c1-28-18-8-5-16(21)12-15(18)4-9-20(25)29-13-19(24)23-11-10-14-2-6-17(7-3-14)30(22,26)27/h2-9,12H,10-11,13H2,1H3,(H,23,24)(H2,22,26,27)/b9-4+. The summed E-state index contributed by atoms with van der Waals surface area (Å²) >= 11 is 3.34. The van der Waals surface area contributed by atoms with E-state index in [1.54, 1.807) is 24.3 Å². The molecule has 0 aliphatic carbocycles. The van der Waals surface area contributed by atoms with Gasteiger partial charge in [-0.15, -0.1) is 0 Å². The minimum atomic E-state index is -3.73. The zero-order valence-electron chi connectivity index (χ0n) is 16.1. The fraction of sp³-hybridized carbons (Fsp3) is 0.200. The summed E-state index contributed by atoms with van der Waals surface area (Å²) in [5, 5.41) is 7.66. The lowest BCUT2D eigenvalue weighted by molar-refractivity contribution is -0.143. The number of esters is 1. The number of benzene rings is 2. The second-order valence-electron chi connectivity index (χ2n) is 6.12. The Morgan fingerprint density at radius 2 is 1.87 bits per heavy atom. The van der Waals surface area contributed by atoms with E-state index in [1.165, 1.54) is 31.4 Å². The number of carbonyl (C=O) groups is 2. The first-order valence-electron chi connectivity index (χ1n) is 8.76. The zero-order chi connectivity index (χ0) is 22.1. The largest absolute Gasteiger partial charge is 0.496 e. The van der Waals surface area contributed by atoms with E-state index in [9.17, 15) is 18.0 Å². The second kappa shape index (κ2) is 10.9. The smallest absolute Gasteiger partial charge is 0.331 e. The minimum absolute atomic E-state index is 0.0238. The summed E-state index contributed by atoms with van der Waals surface area (Å²) in [4.78, 5) is 23.6. The average molecular weight is 497 g/mol. The van der Waals surface area contributed by atoms with E-state index < -0.39 is 28.5 Å². The van der Waals surface area contributed by atoms with Crippen molar-refractivity contribution in [3.05, 3.63) is 64.1 Å². The summed E-state index contributed by atoms with van der Waals surface area (Å²) in [5.74, 6) is -0.513. The molecule has 3 N–H and O–H groups in total. The Morgan fingerprint density at radius 1 is 1.17 bits per heavy atom. The van der Waals surface area contributed by atoms with Crippen molar-refractivity contribution in [3.63, 3.8) is 0 Å². The zero-order valence-corrected chi connectivity index (χ0v) is 18.5. The van der Waals surface area contributed by atoms with Crippen LogP contribution < -0.4 is 15.2 Å². The van der Waals surface area contributed by atoms with Gasteiger partial charge < -0.3 is 14.8 Å². The Balaban J connectivity index is 1.75. The van der Waals surface area contributed by atoms with Crippen LogP contribution >= 0.6 is 15.9 Å². The third kappa shape index (κ3) is 7.62. The number of hydrogen-bond acceptors (Lipinski definition) is 6. The van der Waals surface area contributed by atoms with Gasteiger partial charge in [-0.25, -0.2) is 18.4 Å². The van der Waals surface area contributed by atoms with Gasteiger partial charge in [-0.1, -0.05) is 28.1 Å². The number of halogens is 1. The SMILES string of the molecule is COc1ccc(Br)cc1/C=C/C(=O)OCC(=O)NCCc1ccc(S(N)(=O)=O)cc1. The molecule has 0 spiro atoms. The number of ether oxygens (including phenoxy) is 2. The van der Waals surface area contributed by atoms with Crippen LogP contribution in [0.25, 0.3) is 6.08 Å². The number of nitrogens with two attached hydrogens (primary N) is 1. The highest BCUT2D eigenvalue weighted by molar-refractivity contribution is 9.10. The molecule has 0 saturated heterocycles. The lowest BCUT2D eigenvalue weighted by Gasteiger charge is -2.07. The van der Waals surface area contributed by atoms with Crippen LogP contribution in [0, 0.1) is 0 Å². The number of rotatable bonds is 9. The first-order valence-corrected chi connectivity index (χ1v) is 11.1. The maximum atomic E-state index is 11.8. The Morgan fingerprint density at radius 3 is 2.50 bits per heavy atom. The molecule has 0 bridgehead atoms. The van der Waals surface area contributed by atoms with Crippen molar-refractivity contribution >= 4 is 43.9 Å². The van der Waals surface area contributed by atoms with Crippen molar-refractivity contribution < 1.29 is 27.5 Å². The van der Waals surface area contributed by atoms with Crippen LogP contribution in [0.1, 0.15) is 11.1 Å². The summed E-state index contributed by atoms with van der Waals surface area (Å²) < 4.78 is 33.4. The Kier molecular flexibility index (Phi) is 8.58. The van der Waals surface area contributed by atoms with Gasteiger partial charge in [0, 0.05) is 22.7 Å². The highest BCUT2D eigenvalue weighted by Crippen LogP contribution is 2.24. The molecular weight excluding hydrogens is 476 g/mol. The molecule has 0 unspecified atom stereocenters. The third-order valence-electron chi connectivity index (χ3n) is 3.92. The monoisotopic (exact) mass is 496 g/mol. The van der Waals surface area contributed by atoms with Crippen molar-refractivity contribution in [1.29, 1.82) is 0 Å². The van der Waals surface area contributed by atoms with Crippen LogP contribution in [0.3, 0.4) is 0 Å². The summed E-state index contributed by atoms with van der Waals surface area (Å²) in [7, 11) is -2.21. The normalized spacial score (nSPS) is 11.3. The first-order chi connectivity index (χ1) is 14.2. The van der Waals surface area contributed by atoms with Crippen molar-refractivity contribution in [2.45, 2.75) is 11.3 Å². The maximum absolute atomic E-state index is 11.8. The Hall–Kier alpha value is -2.69. The number of primary sulfonamides is 1. The summed E-state index contributed by atoms with van der Waals surface area (Å²) in [6.45, 7) is -0.112. The first kappa shape index (κ1) is 23.6. The lowest BCUT2D eigenvalue weighted by Crippen LogP contribution is -2.30. The summed E-state index contributed by atoms with van der Waals surface area (Å²) in [6.07, 6.45) is 3.23.